The molecule has 1 aromatic carbocycles. The topological polar surface area (TPSA) is 21.3 Å². The minimum Gasteiger partial charge on any atom is -0.496 e. The summed E-state index contributed by atoms with van der Waals surface area (Å²) in [6.45, 7) is 0. The van der Waals surface area contributed by atoms with Crippen LogP contribution in [0.1, 0.15) is 16.5 Å². The van der Waals surface area contributed by atoms with Crippen molar-refractivity contribution < 1.29 is 4.74 Å². The molecule has 5 heteroatoms. The Morgan fingerprint density at radius 3 is 2.61 bits per heavy atom. The SMILES string of the molecule is CNC(c1ccc(Br)cc1OC)c1sccc1Br. The van der Waals surface area contributed by atoms with Crippen LogP contribution in [0.4, 0.5) is 0 Å². The van der Waals surface area contributed by atoms with Crippen molar-refractivity contribution >= 4 is 43.2 Å². The molecule has 96 valence electrons. The molecule has 18 heavy (non-hydrogen) atoms. The minimum absolute atomic E-state index is 0.127. The molecule has 0 aliphatic heterocycles. The fraction of sp³-hybridized carbons (Fsp3) is 0.231. The van der Waals surface area contributed by atoms with Crippen LogP contribution in [0.15, 0.2) is 38.6 Å². The van der Waals surface area contributed by atoms with Crippen molar-refractivity contribution in [1.82, 2.24) is 5.32 Å². The number of benzene rings is 1. The molecule has 0 aliphatic carbocycles. The van der Waals surface area contributed by atoms with Gasteiger partial charge in [0.1, 0.15) is 5.75 Å². The molecule has 1 unspecified atom stereocenters. The van der Waals surface area contributed by atoms with Gasteiger partial charge in [-0.1, -0.05) is 22.0 Å². The van der Waals surface area contributed by atoms with E-state index < -0.39 is 0 Å². The summed E-state index contributed by atoms with van der Waals surface area (Å²) in [7, 11) is 3.65. The first kappa shape index (κ1) is 14.1. The van der Waals surface area contributed by atoms with Crippen molar-refractivity contribution in [3.05, 3.63) is 49.0 Å². The molecule has 0 fully saturated rings. The molecule has 1 aromatic heterocycles. The Balaban J connectivity index is 2.48. The fourth-order valence-electron chi connectivity index (χ4n) is 1.86. The molecule has 0 radical (unpaired) electrons. The summed E-state index contributed by atoms with van der Waals surface area (Å²) in [5, 5.41) is 5.42. The van der Waals surface area contributed by atoms with Crippen LogP contribution in [0.2, 0.25) is 0 Å². The lowest BCUT2D eigenvalue weighted by Gasteiger charge is -2.19. The zero-order chi connectivity index (χ0) is 13.1. The van der Waals surface area contributed by atoms with E-state index in [0.717, 1.165) is 20.3 Å². The van der Waals surface area contributed by atoms with Gasteiger partial charge in [-0.15, -0.1) is 11.3 Å². The molecule has 1 atom stereocenters. The molecule has 2 aromatic rings. The van der Waals surface area contributed by atoms with E-state index in [-0.39, 0.29) is 6.04 Å². The first-order chi connectivity index (χ1) is 8.67. The molecule has 0 saturated heterocycles. The van der Waals surface area contributed by atoms with Crippen LogP contribution in [0.25, 0.3) is 0 Å². The fourth-order valence-corrected chi connectivity index (χ4v) is 3.93. The van der Waals surface area contributed by atoms with Gasteiger partial charge in [-0.05, 0) is 46.6 Å². The van der Waals surface area contributed by atoms with Crippen molar-refractivity contribution in [3.8, 4) is 5.75 Å². The van der Waals surface area contributed by atoms with E-state index in [0.29, 0.717) is 0 Å². The van der Waals surface area contributed by atoms with Gasteiger partial charge in [-0.3, -0.25) is 0 Å². The predicted molar refractivity (Wildman–Crippen MR) is 83.6 cm³/mol. The Hall–Kier alpha value is -0.360. The lowest BCUT2D eigenvalue weighted by Crippen LogP contribution is -2.17. The van der Waals surface area contributed by atoms with Crippen LogP contribution in [0.5, 0.6) is 5.75 Å². The van der Waals surface area contributed by atoms with Crippen molar-refractivity contribution in [1.29, 1.82) is 0 Å². The quantitative estimate of drug-likeness (QED) is 0.824. The van der Waals surface area contributed by atoms with E-state index in [1.807, 2.05) is 19.2 Å². The number of hydrogen-bond donors (Lipinski definition) is 1. The number of ether oxygens (including phenoxy) is 1. The van der Waals surface area contributed by atoms with Gasteiger partial charge < -0.3 is 10.1 Å². The van der Waals surface area contributed by atoms with Crippen molar-refractivity contribution in [2.75, 3.05) is 14.2 Å². The Bertz CT molecular complexity index is 542. The molecule has 0 aliphatic rings. The van der Waals surface area contributed by atoms with Crippen LogP contribution in [-0.2, 0) is 0 Å². The number of thiophene rings is 1. The Kier molecular flexibility index (Phi) is 4.84. The molecule has 2 nitrogen and oxygen atoms in total. The monoisotopic (exact) mass is 389 g/mol. The van der Waals surface area contributed by atoms with Gasteiger partial charge in [-0.25, -0.2) is 0 Å². The maximum absolute atomic E-state index is 5.47. The van der Waals surface area contributed by atoms with Crippen molar-refractivity contribution in [2.45, 2.75) is 6.04 Å². The maximum Gasteiger partial charge on any atom is 0.125 e. The maximum atomic E-state index is 5.47. The average Bonchev–Trinajstić information content (AvgIpc) is 2.78. The smallest absolute Gasteiger partial charge is 0.125 e. The summed E-state index contributed by atoms with van der Waals surface area (Å²) in [5.41, 5.74) is 1.13. The van der Waals surface area contributed by atoms with E-state index in [9.17, 15) is 0 Å². The number of methoxy groups -OCH3 is 1. The van der Waals surface area contributed by atoms with Crippen LogP contribution in [-0.4, -0.2) is 14.2 Å². The third-order valence-corrected chi connectivity index (χ3v) is 5.13. The van der Waals surface area contributed by atoms with Gasteiger partial charge >= 0.3 is 0 Å². The van der Waals surface area contributed by atoms with E-state index in [2.05, 4.69) is 54.7 Å². The molecule has 0 amide bonds. The molecule has 1 heterocycles. The molecular formula is C13H13Br2NOS. The van der Waals surface area contributed by atoms with Gasteiger partial charge in [0.15, 0.2) is 0 Å². The van der Waals surface area contributed by atoms with E-state index >= 15 is 0 Å². The van der Waals surface area contributed by atoms with Crippen molar-refractivity contribution in [2.24, 2.45) is 0 Å². The summed E-state index contributed by atoms with van der Waals surface area (Å²) in [6, 6.07) is 8.29. The Morgan fingerprint density at radius 1 is 1.28 bits per heavy atom. The van der Waals surface area contributed by atoms with Gasteiger partial charge in [0, 0.05) is 19.4 Å². The first-order valence-electron chi connectivity index (χ1n) is 5.41. The number of rotatable bonds is 4. The molecule has 2 rings (SSSR count). The van der Waals surface area contributed by atoms with Gasteiger partial charge in [-0.2, -0.15) is 0 Å². The van der Waals surface area contributed by atoms with E-state index in [1.54, 1.807) is 18.4 Å². The summed E-state index contributed by atoms with van der Waals surface area (Å²) in [6.07, 6.45) is 0. The number of nitrogens with one attached hydrogen (secondary N) is 1. The summed E-state index contributed by atoms with van der Waals surface area (Å²) >= 11 is 8.77. The van der Waals surface area contributed by atoms with Gasteiger partial charge in [0.25, 0.3) is 0 Å². The summed E-state index contributed by atoms with van der Waals surface area (Å²) < 4.78 is 7.61. The zero-order valence-corrected chi connectivity index (χ0v) is 14.0. The summed E-state index contributed by atoms with van der Waals surface area (Å²) in [4.78, 5) is 1.25. The molecule has 0 spiro atoms. The molecule has 1 N–H and O–H groups in total. The standard InChI is InChI=1S/C13H13Br2NOS/c1-16-12(13-10(15)5-6-18-13)9-4-3-8(14)7-11(9)17-2/h3-7,12,16H,1-2H3. The highest BCUT2D eigenvalue weighted by Gasteiger charge is 2.20. The van der Waals surface area contributed by atoms with Crippen LogP contribution in [0, 0.1) is 0 Å². The average molecular weight is 391 g/mol. The number of halogens is 2. The summed E-state index contributed by atoms with van der Waals surface area (Å²) in [5.74, 6) is 0.879. The van der Waals surface area contributed by atoms with Crippen LogP contribution < -0.4 is 10.1 Å². The van der Waals surface area contributed by atoms with E-state index in [4.69, 9.17) is 4.74 Å². The zero-order valence-electron chi connectivity index (χ0n) is 10.0. The van der Waals surface area contributed by atoms with Gasteiger partial charge in [0.2, 0.25) is 0 Å². The first-order valence-corrected chi connectivity index (χ1v) is 7.87. The highest BCUT2D eigenvalue weighted by Crippen LogP contribution is 2.37. The third kappa shape index (κ3) is 2.79. The van der Waals surface area contributed by atoms with Crippen LogP contribution in [0.3, 0.4) is 0 Å². The lowest BCUT2D eigenvalue weighted by atomic mass is 10.0. The second kappa shape index (κ2) is 6.19. The van der Waals surface area contributed by atoms with Gasteiger partial charge in [0.05, 0.1) is 13.2 Å². The Labute approximate surface area is 128 Å². The largest absolute Gasteiger partial charge is 0.496 e. The van der Waals surface area contributed by atoms with Crippen LogP contribution >= 0.6 is 43.2 Å². The minimum atomic E-state index is 0.127. The van der Waals surface area contributed by atoms with E-state index in [1.165, 1.54) is 4.88 Å². The second-order valence-electron chi connectivity index (χ2n) is 3.74. The lowest BCUT2D eigenvalue weighted by molar-refractivity contribution is 0.405. The van der Waals surface area contributed by atoms with Crippen molar-refractivity contribution in [3.63, 3.8) is 0 Å². The Morgan fingerprint density at radius 2 is 2.06 bits per heavy atom. The number of hydrogen-bond acceptors (Lipinski definition) is 3. The molecule has 0 saturated carbocycles. The molecular weight excluding hydrogens is 378 g/mol. The molecule has 0 bridgehead atoms. The third-order valence-electron chi connectivity index (χ3n) is 2.70. The highest BCUT2D eigenvalue weighted by atomic mass is 79.9. The second-order valence-corrected chi connectivity index (χ2v) is 6.46. The highest BCUT2D eigenvalue weighted by molar-refractivity contribution is 9.10. The predicted octanol–water partition coefficient (Wildman–Crippen LogP) is 4.59. The normalized spacial score (nSPS) is 12.4.